The van der Waals surface area contributed by atoms with Crippen molar-refractivity contribution in [2.45, 2.75) is 6.54 Å². The monoisotopic (exact) mass is 407 g/mol. The number of rotatable bonds is 6. The van der Waals surface area contributed by atoms with E-state index in [-0.39, 0.29) is 35.1 Å². The fraction of sp³-hybridized carbons (Fsp3) is 0.0556. The summed E-state index contributed by atoms with van der Waals surface area (Å²) in [6.07, 6.45) is 1.14. The summed E-state index contributed by atoms with van der Waals surface area (Å²) in [5.74, 6) is -1.90. The van der Waals surface area contributed by atoms with Crippen molar-refractivity contribution in [1.82, 2.24) is 24.9 Å². The zero-order valence-electron chi connectivity index (χ0n) is 15.1. The second-order valence-corrected chi connectivity index (χ2v) is 6.26. The molecule has 0 saturated heterocycles. The Kier molecular flexibility index (Phi) is 4.43. The van der Waals surface area contributed by atoms with Crippen LogP contribution >= 0.6 is 0 Å². The molecule has 0 aliphatic rings. The lowest BCUT2D eigenvalue weighted by Crippen LogP contribution is -2.36. The molecule has 0 aliphatic carbocycles. The van der Waals surface area contributed by atoms with Gasteiger partial charge in [-0.3, -0.25) is 14.4 Å². The Balaban J connectivity index is 1.49. The fourth-order valence-electron chi connectivity index (χ4n) is 2.79. The predicted octanol–water partition coefficient (Wildman–Crippen LogP) is -0.326. The predicted molar refractivity (Wildman–Crippen MR) is 104 cm³/mol. The van der Waals surface area contributed by atoms with Crippen LogP contribution in [0.15, 0.2) is 46.2 Å². The zero-order chi connectivity index (χ0) is 21.4. The highest BCUT2D eigenvalue weighted by atomic mass is 16.4. The zero-order valence-corrected chi connectivity index (χ0v) is 15.1. The van der Waals surface area contributed by atoms with Gasteiger partial charge in [0.1, 0.15) is 23.4 Å². The highest BCUT2D eigenvalue weighted by Gasteiger charge is 2.19. The molecule has 12 nitrogen and oxygen atoms in total. The number of hydrogen-bond donors (Lipinski definition) is 4. The quantitative estimate of drug-likeness (QED) is 0.309. The van der Waals surface area contributed by atoms with Crippen LogP contribution in [-0.2, 0) is 6.54 Å². The number of carbonyl (C=O) groups excluding carboxylic acids is 1. The van der Waals surface area contributed by atoms with Crippen molar-refractivity contribution in [3.8, 4) is 0 Å². The van der Waals surface area contributed by atoms with Crippen LogP contribution in [-0.4, -0.2) is 36.6 Å². The number of nitrogens with one attached hydrogen (secondary N) is 2. The number of aromatic nitrogens is 4. The Labute approximate surface area is 166 Å². The van der Waals surface area contributed by atoms with Crippen LogP contribution in [0.1, 0.15) is 26.5 Å². The summed E-state index contributed by atoms with van der Waals surface area (Å²) in [5.41, 5.74) is 4.81. The van der Waals surface area contributed by atoms with E-state index >= 15 is 0 Å². The highest BCUT2D eigenvalue weighted by molar-refractivity contribution is 5.95. The summed E-state index contributed by atoms with van der Waals surface area (Å²) in [7, 11) is 0. The smallest absolute Gasteiger partial charge is 0.354 e. The molecule has 0 aliphatic heterocycles. The Morgan fingerprint density at radius 2 is 1.97 bits per heavy atom. The van der Waals surface area contributed by atoms with E-state index in [1.165, 1.54) is 0 Å². The molecule has 2 heterocycles. The maximum atomic E-state index is 12.5. The summed E-state index contributed by atoms with van der Waals surface area (Å²) in [4.78, 5) is 54.4. The number of nitrogens with two attached hydrogens (primary N) is 1. The van der Waals surface area contributed by atoms with Crippen LogP contribution in [0.25, 0.3) is 5.78 Å². The van der Waals surface area contributed by atoms with Crippen molar-refractivity contribution in [2.75, 3.05) is 11.1 Å². The molecule has 1 amide bonds. The third-order valence-corrected chi connectivity index (χ3v) is 4.30. The second-order valence-electron chi connectivity index (χ2n) is 6.26. The Morgan fingerprint density at radius 3 is 2.70 bits per heavy atom. The highest BCUT2D eigenvalue weighted by Crippen LogP contribution is 2.19. The molecule has 4 rings (SSSR count). The van der Waals surface area contributed by atoms with Crippen molar-refractivity contribution in [2.24, 2.45) is 0 Å². The van der Waals surface area contributed by atoms with Gasteiger partial charge in [0.15, 0.2) is 5.69 Å². The summed E-state index contributed by atoms with van der Waals surface area (Å²) in [6, 6.07) is 7.85. The number of amides is 1. The van der Waals surface area contributed by atoms with E-state index in [4.69, 9.17) is 5.73 Å². The van der Waals surface area contributed by atoms with Gasteiger partial charge in [-0.25, -0.2) is 9.78 Å². The van der Waals surface area contributed by atoms with E-state index in [1.807, 2.05) is 0 Å². The summed E-state index contributed by atoms with van der Waals surface area (Å²) < 4.78 is 1.02. The molecule has 0 bridgehead atoms. The molecule has 0 radical (unpaired) electrons. The number of nitrogens with zero attached hydrogens (tertiary/aromatic N) is 4. The van der Waals surface area contributed by atoms with Crippen molar-refractivity contribution in [3.63, 3.8) is 0 Å². The average Bonchev–Trinajstić information content (AvgIpc) is 3.23. The first-order valence-corrected chi connectivity index (χ1v) is 8.52. The van der Waals surface area contributed by atoms with E-state index in [1.54, 1.807) is 24.3 Å². The van der Waals surface area contributed by atoms with Crippen molar-refractivity contribution in [3.05, 3.63) is 74.1 Å². The fourth-order valence-corrected chi connectivity index (χ4v) is 2.79. The molecule has 0 unspecified atom stereocenters. The van der Waals surface area contributed by atoms with Crippen molar-refractivity contribution in [1.29, 1.82) is 0 Å². The van der Waals surface area contributed by atoms with Gasteiger partial charge in [0.05, 0.1) is 0 Å². The molecule has 0 spiro atoms. The summed E-state index contributed by atoms with van der Waals surface area (Å²) in [6.45, 7) is 0.0950. The first-order valence-electron chi connectivity index (χ1n) is 8.52. The van der Waals surface area contributed by atoms with Crippen LogP contribution in [0.5, 0.6) is 0 Å². The minimum Gasteiger partial charge on any atom is -0.477 e. The van der Waals surface area contributed by atoms with Gasteiger partial charge in [-0.05, 0) is 17.7 Å². The third-order valence-electron chi connectivity index (χ3n) is 4.30. The van der Waals surface area contributed by atoms with Crippen molar-refractivity contribution < 1.29 is 14.7 Å². The normalized spacial score (nSPS) is 10.9. The van der Waals surface area contributed by atoms with E-state index in [0.29, 0.717) is 11.3 Å². The van der Waals surface area contributed by atoms with Gasteiger partial charge in [-0.2, -0.15) is 14.6 Å². The number of aromatic carboxylic acids is 1. The number of carboxylic acids is 1. The SMILES string of the molecule is Nc1c(Nc2cccc(CNC(=O)c3cc(C(=O)O)n4ncnc4n3)c2)c(=O)c1=O. The Morgan fingerprint density at radius 1 is 1.17 bits per heavy atom. The maximum Gasteiger partial charge on any atom is 0.354 e. The van der Waals surface area contributed by atoms with Gasteiger partial charge >= 0.3 is 5.97 Å². The van der Waals surface area contributed by atoms with Gasteiger partial charge < -0.3 is 21.5 Å². The van der Waals surface area contributed by atoms with E-state index in [2.05, 4.69) is 25.7 Å². The molecule has 4 aromatic rings. The lowest BCUT2D eigenvalue weighted by molar-refractivity contribution is 0.0687. The number of carboxylic acid groups (broad SMARTS) is 1. The van der Waals surface area contributed by atoms with Crippen LogP contribution in [0.2, 0.25) is 0 Å². The molecule has 0 saturated carbocycles. The minimum absolute atomic E-state index is 0.0168. The van der Waals surface area contributed by atoms with Gasteiger partial charge in [0.2, 0.25) is 0 Å². The van der Waals surface area contributed by atoms with Crippen molar-refractivity contribution >= 4 is 34.7 Å². The van der Waals surface area contributed by atoms with E-state index in [9.17, 15) is 24.3 Å². The molecular formula is C18H13N7O5. The molecule has 150 valence electrons. The number of hydrogen-bond acceptors (Lipinski definition) is 9. The molecule has 2 aromatic heterocycles. The number of anilines is 3. The third kappa shape index (κ3) is 3.22. The van der Waals surface area contributed by atoms with E-state index < -0.39 is 22.7 Å². The largest absolute Gasteiger partial charge is 0.477 e. The Bertz CT molecular complexity index is 1380. The molecule has 2 aromatic carbocycles. The summed E-state index contributed by atoms with van der Waals surface area (Å²) >= 11 is 0. The van der Waals surface area contributed by atoms with Gasteiger partial charge in [-0.15, -0.1) is 0 Å². The second kappa shape index (κ2) is 7.09. The van der Waals surface area contributed by atoms with Crippen LogP contribution in [0.4, 0.5) is 17.1 Å². The number of benzene rings is 1. The number of nitrogen functional groups attached to an aromatic ring is 1. The average molecular weight is 407 g/mol. The lowest BCUT2D eigenvalue weighted by atomic mass is 10.1. The van der Waals surface area contributed by atoms with Crippen LogP contribution in [0.3, 0.4) is 0 Å². The van der Waals surface area contributed by atoms with Gasteiger partial charge in [0.25, 0.3) is 22.5 Å². The lowest BCUT2D eigenvalue weighted by Gasteiger charge is -2.11. The van der Waals surface area contributed by atoms with Gasteiger partial charge in [0, 0.05) is 18.3 Å². The topological polar surface area (TPSA) is 182 Å². The van der Waals surface area contributed by atoms with Gasteiger partial charge in [-0.1, -0.05) is 12.1 Å². The molecule has 0 atom stereocenters. The summed E-state index contributed by atoms with van der Waals surface area (Å²) in [5, 5.41) is 18.5. The minimum atomic E-state index is -1.28. The molecule has 0 fully saturated rings. The number of fused-ring (bicyclic) bond motifs is 1. The van der Waals surface area contributed by atoms with Crippen LogP contribution < -0.4 is 27.2 Å². The first-order chi connectivity index (χ1) is 14.3. The molecular weight excluding hydrogens is 394 g/mol. The number of carbonyl (C=O) groups is 2. The standard InChI is InChI=1S/C18H13N7O5/c19-12-13(15(27)14(12)26)23-9-3-1-2-8(4-9)6-20-16(28)10-5-11(17(29)30)25-18(24-10)21-7-22-25/h1-5,7,23H,6,19H2,(H,20,28)(H,29,30). The molecule has 30 heavy (non-hydrogen) atoms. The van der Waals surface area contributed by atoms with E-state index in [0.717, 1.165) is 16.9 Å². The van der Waals surface area contributed by atoms with Crippen LogP contribution in [0, 0.1) is 0 Å². The maximum absolute atomic E-state index is 12.5. The first kappa shape index (κ1) is 18.7. The molecule has 12 heteroatoms. The molecule has 5 N–H and O–H groups in total. The Hall–Kier alpha value is -4.61.